The van der Waals surface area contributed by atoms with Gasteiger partial charge in [0, 0.05) is 16.8 Å². The summed E-state index contributed by atoms with van der Waals surface area (Å²) in [6.07, 6.45) is 5.68. The first-order chi connectivity index (χ1) is 14.9. The van der Waals surface area contributed by atoms with E-state index in [1.807, 2.05) is 0 Å². The molecule has 1 heteroatoms. The highest BCUT2D eigenvalue weighted by Gasteiger charge is 2.43. The summed E-state index contributed by atoms with van der Waals surface area (Å²) in [7, 11) is 0. The van der Waals surface area contributed by atoms with Gasteiger partial charge in [0.2, 0.25) is 0 Å². The first-order valence-corrected chi connectivity index (χ1v) is 11.4. The fraction of sp³-hybridized carbons (Fsp3) is 0.267. The van der Waals surface area contributed by atoms with Gasteiger partial charge in [-0.3, -0.25) is 0 Å². The van der Waals surface area contributed by atoms with Crippen LogP contribution in [0.4, 0.5) is 5.69 Å². The maximum Gasteiger partial charge on any atom is 0.0385 e. The van der Waals surface area contributed by atoms with Gasteiger partial charge in [-0.2, -0.15) is 0 Å². The molecule has 6 rings (SSSR count). The van der Waals surface area contributed by atoms with Gasteiger partial charge >= 0.3 is 0 Å². The van der Waals surface area contributed by atoms with Crippen LogP contribution in [0.25, 0.3) is 16.7 Å². The number of hydrogen-bond acceptors (Lipinski definition) is 1. The topological polar surface area (TPSA) is 12.0 Å². The maximum absolute atomic E-state index is 3.77. The van der Waals surface area contributed by atoms with Gasteiger partial charge in [-0.05, 0) is 74.9 Å². The fourth-order valence-corrected chi connectivity index (χ4v) is 6.17. The largest absolute Gasteiger partial charge is 0.359 e. The van der Waals surface area contributed by atoms with Crippen molar-refractivity contribution < 1.29 is 0 Å². The van der Waals surface area contributed by atoms with Crippen LogP contribution in [0.2, 0.25) is 0 Å². The highest BCUT2D eigenvalue weighted by Crippen LogP contribution is 2.54. The molecule has 0 amide bonds. The molecule has 1 unspecified atom stereocenters. The minimum absolute atomic E-state index is 0.0344. The lowest BCUT2D eigenvalue weighted by Gasteiger charge is -2.32. The second kappa shape index (κ2) is 6.23. The van der Waals surface area contributed by atoms with Crippen LogP contribution in [0, 0.1) is 5.92 Å². The first-order valence-electron chi connectivity index (χ1n) is 11.4. The molecule has 3 aliphatic carbocycles. The van der Waals surface area contributed by atoms with Crippen LogP contribution in [0.3, 0.4) is 0 Å². The van der Waals surface area contributed by atoms with Crippen molar-refractivity contribution in [2.24, 2.45) is 5.92 Å². The van der Waals surface area contributed by atoms with Crippen LogP contribution in [-0.4, -0.2) is 0 Å². The maximum atomic E-state index is 3.77. The van der Waals surface area contributed by atoms with Crippen molar-refractivity contribution in [3.05, 3.63) is 107 Å². The molecule has 0 radical (unpaired) electrons. The van der Waals surface area contributed by atoms with Gasteiger partial charge < -0.3 is 5.32 Å². The first kappa shape index (κ1) is 18.7. The van der Waals surface area contributed by atoms with Gasteiger partial charge in [0.05, 0.1) is 0 Å². The summed E-state index contributed by atoms with van der Waals surface area (Å²) < 4.78 is 0. The van der Waals surface area contributed by atoms with Crippen molar-refractivity contribution in [2.45, 2.75) is 44.9 Å². The highest BCUT2D eigenvalue weighted by atomic mass is 14.9. The molecular formula is C30H29N. The van der Waals surface area contributed by atoms with Crippen molar-refractivity contribution in [1.29, 1.82) is 0 Å². The number of nitrogens with one attached hydrogen (secondary N) is 1. The minimum Gasteiger partial charge on any atom is -0.359 e. The lowest BCUT2D eigenvalue weighted by atomic mass is 9.74. The molecule has 0 aromatic heterocycles. The summed E-state index contributed by atoms with van der Waals surface area (Å²) in [5, 5.41) is 3.77. The predicted octanol–water partition coefficient (Wildman–Crippen LogP) is 7.68. The number of hydrogen-bond donors (Lipinski definition) is 1. The number of rotatable bonds is 2. The molecule has 1 N–H and O–H groups in total. The van der Waals surface area contributed by atoms with E-state index in [0.29, 0.717) is 5.92 Å². The molecule has 154 valence electrons. The van der Waals surface area contributed by atoms with E-state index in [1.165, 1.54) is 50.3 Å². The average molecular weight is 404 g/mol. The van der Waals surface area contributed by atoms with E-state index in [9.17, 15) is 0 Å². The van der Waals surface area contributed by atoms with Crippen LogP contribution in [-0.2, 0) is 10.8 Å². The van der Waals surface area contributed by atoms with Crippen molar-refractivity contribution in [1.82, 2.24) is 0 Å². The second-order valence-corrected chi connectivity index (χ2v) is 10.4. The molecule has 3 aromatic rings. The Balaban J connectivity index is 1.33. The van der Waals surface area contributed by atoms with E-state index in [2.05, 4.69) is 112 Å². The van der Waals surface area contributed by atoms with E-state index in [4.69, 9.17) is 0 Å². The zero-order chi connectivity index (χ0) is 21.4. The molecule has 1 nitrogen and oxygen atoms in total. The van der Waals surface area contributed by atoms with E-state index in [0.717, 1.165) is 6.42 Å². The quantitative estimate of drug-likeness (QED) is 0.462. The average Bonchev–Trinajstić information content (AvgIpc) is 3.14. The van der Waals surface area contributed by atoms with E-state index in [1.54, 1.807) is 0 Å². The molecule has 31 heavy (non-hydrogen) atoms. The lowest BCUT2D eigenvalue weighted by Crippen LogP contribution is -2.26. The normalized spacial score (nSPS) is 21.4. The van der Waals surface area contributed by atoms with Crippen LogP contribution >= 0.6 is 0 Å². The molecule has 0 saturated heterocycles. The Morgan fingerprint density at radius 2 is 1.39 bits per heavy atom. The third-order valence-electron chi connectivity index (χ3n) is 7.96. The predicted molar refractivity (Wildman–Crippen MR) is 131 cm³/mol. The van der Waals surface area contributed by atoms with E-state index >= 15 is 0 Å². The van der Waals surface area contributed by atoms with Crippen LogP contribution < -0.4 is 5.32 Å². The monoisotopic (exact) mass is 403 g/mol. The van der Waals surface area contributed by atoms with Gasteiger partial charge in [0.1, 0.15) is 0 Å². The summed E-state index contributed by atoms with van der Waals surface area (Å²) in [5.74, 6) is 0.521. The van der Waals surface area contributed by atoms with E-state index < -0.39 is 0 Å². The number of anilines is 1. The molecule has 0 saturated carbocycles. The van der Waals surface area contributed by atoms with Gasteiger partial charge in [0.15, 0.2) is 0 Å². The zero-order valence-corrected chi connectivity index (χ0v) is 18.8. The minimum atomic E-state index is 0.0344. The summed E-state index contributed by atoms with van der Waals surface area (Å²) in [6.45, 7) is 9.48. The molecule has 1 atom stereocenters. The van der Waals surface area contributed by atoms with Crippen molar-refractivity contribution >= 4 is 11.3 Å². The third kappa shape index (κ3) is 2.56. The third-order valence-corrected chi connectivity index (χ3v) is 7.96. The van der Waals surface area contributed by atoms with Crippen LogP contribution in [0.5, 0.6) is 0 Å². The SMILES string of the molecule is CC1(C)c2ccccc2-c2ccc(NC3=CC=C4c5ccccc5C(C)(C)C4C3)cc21. The summed E-state index contributed by atoms with van der Waals surface area (Å²) in [6, 6.07) is 24.7. The van der Waals surface area contributed by atoms with Gasteiger partial charge in [-0.1, -0.05) is 88.4 Å². The summed E-state index contributed by atoms with van der Waals surface area (Å²) in [5.41, 5.74) is 12.7. The number of fused-ring (bicyclic) bond motifs is 6. The molecule has 0 fully saturated rings. The molecule has 3 aromatic carbocycles. The highest BCUT2D eigenvalue weighted by molar-refractivity contribution is 5.83. The Labute approximate surface area is 185 Å². The van der Waals surface area contributed by atoms with Crippen molar-refractivity contribution in [3.63, 3.8) is 0 Å². The molecule has 3 aliphatic rings. The second-order valence-electron chi connectivity index (χ2n) is 10.4. The van der Waals surface area contributed by atoms with Crippen molar-refractivity contribution in [2.75, 3.05) is 5.32 Å². The van der Waals surface area contributed by atoms with Crippen LogP contribution in [0.15, 0.2) is 84.6 Å². The lowest BCUT2D eigenvalue weighted by molar-refractivity contribution is 0.409. The Morgan fingerprint density at radius 3 is 2.19 bits per heavy atom. The molecular weight excluding hydrogens is 374 g/mol. The van der Waals surface area contributed by atoms with Crippen molar-refractivity contribution in [3.8, 4) is 11.1 Å². The molecule has 0 bridgehead atoms. The van der Waals surface area contributed by atoms with Gasteiger partial charge in [-0.15, -0.1) is 0 Å². The summed E-state index contributed by atoms with van der Waals surface area (Å²) in [4.78, 5) is 0. The Morgan fingerprint density at radius 1 is 0.710 bits per heavy atom. The van der Waals surface area contributed by atoms with E-state index in [-0.39, 0.29) is 10.8 Å². The Kier molecular flexibility index (Phi) is 3.76. The Hall–Kier alpha value is -3.06. The smallest absolute Gasteiger partial charge is 0.0385 e. The molecule has 0 spiro atoms. The number of benzene rings is 3. The van der Waals surface area contributed by atoms with Gasteiger partial charge in [0.25, 0.3) is 0 Å². The van der Waals surface area contributed by atoms with Crippen LogP contribution in [0.1, 0.15) is 56.4 Å². The zero-order valence-electron chi connectivity index (χ0n) is 18.8. The summed E-state index contributed by atoms with van der Waals surface area (Å²) >= 11 is 0. The molecule has 0 aliphatic heterocycles. The molecule has 0 heterocycles. The van der Waals surface area contributed by atoms with Gasteiger partial charge in [-0.25, -0.2) is 0 Å². The standard InChI is InChI=1S/C30H29N/c1-29(2)25-11-7-5-9-21(25)23-15-13-19(17-27(23)29)31-20-14-16-24-22-10-6-8-12-26(22)30(3,4)28(24)18-20/h5-17,28,31H,18H2,1-4H3. The Bertz CT molecular complexity index is 1290. The number of allylic oxidation sites excluding steroid dienone is 4. The fourth-order valence-electron chi connectivity index (χ4n) is 6.17.